The minimum atomic E-state index is -0.0517. The minimum absolute atomic E-state index is 0. The van der Waals surface area contributed by atoms with Crippen LogP contribution in [-0.4, -0.2) is 66.4 Å². The van der Waals surface area contributed by atoms with Crippen molar-refractivity contribution in [1.29, 1.82) is 0 Å². The fourth-order valence-electron chi connectivity index (χ4n) is 2.87. The molecule has 0 atom stereocenters. The summed E-state index contributed by atoms with van der Waals surface area (Å²) in [5, 5.41) is 3.39. The third kappa shape index (κ3) is 5.20. The van der Waals surface area contributed by atoms with E-state index in [2.05, 4.69) is 26.3 Å². The molecule has 8 heteroatoms. The van der Waals surface area contributed by atoms with Crippen LogP contribution in [0.25, 0.3) is 0 Å². The van der Waals surface area contributed by atoms with Gasteiger partial charge in [0.1, 0.15) is 0 Å². The summed E-state index contributed by atoms with van der Waals surface area (Å²) in [6.45, 7) is 3.60. The minimum Gasteiger partial charge on any atom is -0.459 e. The number of hydrogen-bond acceptors (Lipinski definition) is 4. The Morgan fingerprint density at radius 3 is 2.62 bits per heavy atom. The number of hydrogen-bond donors (Lipinski definition) is 1. The number of aliphatic imine (C=N–C) groups is 1. The lowest BCUT2D eigenvalue weighted by atomic mass is 10.2. The molecule has 1 fully saturated rings. The maximum Gasteiger partial charge on any atom is 0.289 e. The molecule has 0 spiro atoms. The molecule has 3 heterocycles. The van der Waals surface area contributed by atoms with Gasteiger partial charge >= 0.3 is 0 Å². The standard InChI is InChI=1S/C18H23N5O2.HI/c1-19-18(21-8-6-15-4-2-7-20-14-15)23-11-9-22(10-12-23)17(24)16-5-3-13-25-16;/h2-5,7,13-14H,6,8-12H2,1H3,(H,19,21);1H. The fraction of sp³-hybridized carbons (Fsp3) is 0.389. The number of guanidine groups is 1. The monoisotopic (exact) mass is 469 g/mol. The number of amides is 1. The van der Waals surface area contributed by atoms with Gasteiger partial charge in [-0.2, -0.15) is 0 Å². The first-order valence-corrected chi connectivity index (χ1v) is 8.45. The molecule has 1 aliphatic heterocycles. The smallest absolute Gasteiger partial charge is 0.289 e. The van der Waals surface area contributed by atoms with Crippen LogP contribution in [-0.2, 0) is 6.42 Å². The zero-order chi connectivity index (χ0) is 17.5. The molecule has 140 valence electrons. The summed E-state index contributed by atoms with van der Waals surface area (Å²) in [5.41, 5.74) is 1.19. The highest BCUT2D eigenvalue weighted by atomic mass is 127. The number of nitrogens with one attached hydrogen (secondary N) is 1. The van der Waals surface area contributed by atoms with E-state index in [4.69, 9.17) is 4.42 Å². The van der Waals surface area contributed by atoms with E-state index < -0.39 is 0 Å². The van der Waals surface area contributed by atoms with Crippen molar-refractivity contribution >= 4 is 35.8 Å². The van der Waals surface area contributed by atoms with Gasteiger partial charge in [-0.15, -0.1) is 24.0 Å². The van der Waals surface area contributed by atoms with Gasteiger partial charge in [0.25, 0.3) is 5.91 Å². The van der Waals surface area contributed by atoms with E-state index in [0.717, 1.165) is 32.0 Å². The van der Waals surface area contributed by atoms with E-state index in [0.29, 0.717) is 18.8 Å². The van der Waals surface area contributed by atoms with Crippen LogP contribution in [0.1, 0.15) is 16.1 Å². The molecule has 1 amide bonds. The van der Waals surface area contributed by atoms with Gasteiger partial charge in [0.2, 0.25) is 0 Å². The Hall–Kier alpha value is -2.10. The Kier molecular flexibility index (Phi) is 7.89. The lowest BCUT2D eigenvalue weighted by Crippen LogP contribution is -2.54. The molecule has 0 aromatic carbocycles. The average Bonchev–Trinajstić information content (AvgIpc) is 3.20. The first kappa shape index (κ1) is 20.2. The van der Waals surface area contributed by atoms with Crippen molar-refractivity contribution < 1.29 is 9.21 Å². The number of rotatable bonds is 4. The van der Waals surface area contributed by atoms with E-state index in [9.17, 15) is 4.79 Å². The van der Waals surface area contributed by atoms with Gasteiger partial charge < -0.3 is 19.5 Å². The molecule has 0 saturated carbocycles. The molecule has 3 rings (SSSR count). The molecule has 26 heavy (non-hydrogen) atoms. The van der Waals surface area contributed by atoms with Crippen molar-refractivity contribution in [1.82, 2.24) is 20.1 Å². The molecule has 1 N–H and O–H groups in total. The van der Waals surface area contributed by atoms with Crippen LogP contribution in [0.15, 0.2) is 52.3 Å². The van der Waals surface area contributed by atoms with Crippen LogP contribution in [0, 0.1) is 0 Å². The first-order valence-electron chi connectivity index (χ1n) is 8.45. The van der Waals surface area contributed by atoms with Gasteiger partial charge in [-0.3, -0.25) is 14.8 Å². The maximum atomic E-state index is 12.3. The summed E-state index contributed by atoms with van der Waals surface area (Å²) in [5.74, 6) is 1.21. The highest BCUT2D eigenvalue weighted by Gasteiger charge is 2.24. The Bertz CT molecular complexity index is 698. The van der Waals surface area contributed by atoms with Crippen molar-refractivity contribution in [3.05, 3.63) is 54.2 Å². The second-order valence-electron chi connectivity index (χ2n) is 5.84. The van der Waals surface area contributed by atoms with Crippen LogP contribution in [0.5, 0.6) is 0 Å². The Balaban J connectivity index is 0.00000243. The second kappa shape index (κ2) is 10.1. The average molecular weight is 469 g/mol. The predicted molar refractivity (Wildman–Crippen MR) is 111 cm³/mol. The number of nitrogens with zero attached hydrogens (tertiary/aromatic N) is 4. The van der Waals surface area contributed by atoms with E-state index in [1.165, 1.54) is 11.8 Å². The van der Waals surface area contributed by atoms with Gasteiger partial charge in [-0.1, -0.05) is 6.07 Å². The largest absolute Gasteiger partial charge is 0.459 e. The number of carbonyl (C=O) groups excluding carboxylic acids is 1. The molecule has 0 unspecified atom stereocenters. The molecule has 2 aromatic rings. The van der Waals surface area contributed by atoms with Gasteiger partial charge in [-0.05, 0) is 30.2 Å². The van der Waals surface area contributed by atoms with Crippen molar-refractivity contribution in [2.24, 2.45) is 4.99 Å². The molecule has 0 aliphatic carbocycles. The van der Waals surface area contributed by atoms with Crippen molar-refractivity contribution in [3.63, 3.8) is 0 Å². The van der Waals surface area contributed by atoms with E-state index in [1.54, 1.807) is 25.4 Å². The van der Waals surface area contributed by atoms with E-state index >= 15 is 0 Å². The predicted octanol–water partition coefficient (Wildman–Crippen LogP) is 1.87. The number of carbonyl (C=O) groups is 1. The molecule has 7 nitrogen and oxygen atoms in total. The van der Waals surface area contributed by atoms with Gasteiger partial charge in [0.05, 0.1) is 6.26 Å². The first-order chi connectivity index (χ1) is 12.3. The molecule has 0 radical (unpaired) electrons. The lowest BCUT2D eigenvalue weighted by molar-refractivity contribution is 0.0658. The van der Waals surface area contributed by atoms with Crippen LogP contribution in [0.3, 0.4) is 0 Å². The van der Waals surface area contributed by atoms with E-state index in [1.807, 2.05) is 17.2 Å². The van der Waals surface area contributed by atoms with Crippen LogP contribution >= 0.6 is 24.0 Å². The van der Waals surface area contributed by atoms with Gasteiger partial charge in [0, 0.05) is 52.2 Å². The molecular weight excluding hydrogens is 445 g/mol. The van der Waals surface area contributed by atoms with Crippen molar-refractivity contribution in [2.75, 3.05) is 39.8 Å². The number of aromatic nitrogens is 1. The zero-order valence-corrected chi connectivity index (χ0v) is 17.1. The fourth-order valence-corrected chi connectivity index (χ4v) is 2.87. The van der Waals surface area contributed by atoms with Crippen LogP contribution in [0.2, 0.25) is 0 Å². The third-order valence-corrected chi connectivity index (χ3v) is 4.23. The number of furan rings is 1. The van der Waals surface area contributed by atoms with Gasteiger partial charge in [0.15, 0.2) is 11.7 Å². The summed E-state index contributed by atoms with van der Waals surface area (Å²) in [4.78, 5) is 24.8. The van der Waals surface area contributed by atoms with E-state index in [-0.39, 0.29) is 29.9 Å². The van der Waals surface area contributed by atoms with Crippen molar-refractivity contribution in [3.8, 4) is 0 Å². The summed E-state index contributed by atoms with van der Waals surface area (Å²) in [7, 11) is 1.78. The summed E-state index contributed by atoms with van der Waals surface area (Å²) in [6.07, 6.45) is 6.07. The quantitative estimate of drug-likeness (QED) is 0.421. The zero-order valence-electron chi connectivity index (χ0n) is 14.8. The van der Waals surface area contributed by atoms with Crippen LogP contribution < -0.4 is 5.32 Å². The molecule has 1 aliphatic rings. The molecule has 2 aromatic heterocycles. The second-order valence-corrected chi connectivity index (χ2v) is 5.84. The maximum absolute atomic E-state index is 12.3. The highest BCUT2D eigenvalue weighted by molar-refractivity contribution is 14.0. The SMILES string of the molecule is CN=C(NCCc1cccnc1)N1CCN(C(=O)c2ccco2)CC1.I. The van der Waals surface area contributed by atoms with Crippen LogP contribution in [0.4, 0.5) is 0 Å². The molecule has 0 bridgehead atoms. The summed E-state index contributed by atoms with van der Waals surface area (Å²) in [6, 6.07) is 7.45. The topological polar surface area (TPSA) is 74.0 Å². The number of pyridine rings is 1. The third-order valence-electron chi connectivity index (χ3n) is 4.23. The lowest BCUT2D eigenvalue weighted by Gasteiger charge is -2.36. The summed E-state index contributed by atoms with van der Waals surface area (Å²) < 4.78 is 5.19. The normalized spacial score (nSPS) is 14.7. The Morgan fingerprint density at radius 2 is 2.00 bits per heavy atom. The highest BCUT2D eigenvalue weighted by Crippen LogP contribution is 2.09. The number of halogens is 1. The number of piperazine rings is 1. The Labute approximate surface area is 170 Å². The molecular formula is C18H24IN5O2. The Morgan fingerprint density at radius 1 is 1.23 bits per heavy atom. The molecule has 1 saturated heterocycles. The van der Waals surface area contributed by atoms with Gasteiger partial charge in [-0.25, -0.2) is 0 Å². The van der Waals surface area contributed by atoms with Crippen molar-refractivity contribution in [2.45, 2.75) is 6.42 Å². The summed E-state index contributed by atoms with van der Waals surface area (Å²) >= 11 is 0.